The maximum Gasteiger partial charge on any atom is 0.276 e. The number of nitrogens with one attached hydrogen (secondary N) is 2. The quantitative estimate of drug-likeness (QED) is 0.405. The normalized spacial score (nSPS) is 20.7. The van der Waals surface area contributed by atoms with Crippen molar-refractivity contribution in [2.75, 3.05) is 31.1 Å². The molecule has 6 rings (SSSR count). The van der Waals surface area contributed by atoms with Crippen molar-refractivity contribution in [2.45, 2.75) is 30.2 Å². The molecule has 2 aromatic carbocycles. The Kier molecular flexibility index (Phi) is 6.67. The predicted octanol–water partition coefficient (Wildman–Crippen LogP) is 2.46. The van der Waals surface area contributed by atoms with E-state index in [0.29, 0.717) is 22.9 Å². The van der Waals surface area contributed by atoms with E-state index in [-0.39, 0.29) is 57.0 Å². The van der Waals surface area contributed by atoms with Gasteiger partial charge in [0, 0.05) is 30.8 Å². The summed E-state index contributed by atoms with van der Waals surface area (Å²) in [4.78, 5) is 32.8. The predicted molar refractivity (Wildman–Crippen MR) is 151 cm³/mol. The van der Waals surface area contributed by atoms with Crippen LogP contribution >= 0.6 is 0 Å². The molecule has 11 nitrogen and oxygen atoms in total. The number of rotatable bonds is 8. The van der Waals surface area contributed by atoms with Crippen LogP contribution in [-0.4, -0.2) is 52.0 Å². The second kappa shape index (κ2) is 10.1. The van der Waals surface area contributed by atoms with Crippen molar-refractivity contribution < 1.29 is 27.5 Å². The molecule has 2 N–H and O–H groups in total. The highest BCUT2D eigenvalue weighted by Crippen LogP contribution is 2.52. The Hall–Kier alpha value is -4.47. The van der Waals surface area contributed by atoms with Crippen molar-refractivity contribution in [3.05, 3.63) is 77.5 Å². The molecule has 1 saturated heterocycles. The smallest absolute Gasteiger partial charge is 0.276 e. The van der Waals surface area contributed by atoms with Gasteiger partial charge in [0.15, 0.2) is 5.54 Å². The molecule has 3 aromatic rings. The van der Waals surface area contributed by atoms with E-state index in [1.54, 1.807) is 19.1 Å². The monoisotopic (exact) mass is 587 g/mol. The Morgan fingerprint density at radius 3 is 2.52 bits per heavy atom. The molecule has 2 aliphatic heterocycles. The molecule has 1 aliphatic carbocycles. The van der Waals surface area contributed by atoms with Crippen LogP contribution in [0.4, 0.5) is 5.69 Å². The minimum absolute atomic E-state index is 0.0229. The molecular weight excluding hydrogens is 558 g/mol. The highest BCUT2D eigenvalue weighted by atomic mass is 32.2. The number of methoxy groups -OCH3 is 1. The van der Waals surface area contributed by atoms with Crippen molar-refractivity contribution in [2.24, 2.45) is 11.3 Å². The number of ether oxygens (including phenoxy) is 2. The van der Waals surface area contributed by atoms with E-state index in [2.05, 4.69) is 21.7 Å². The Labute approximate surface area is 243 Å². The third-order valence-electron chi connectivity index (χ3n) is 8.35. The number of carbonyl (C=O) groups is 2. The number of fused-ring (bicyclic) bond motifs is 1. The first-order chi connectivity index (χ1) is 20.2. The summed E-state index contributed by atoms with van der Waals surface area (Å²) in [7, 11) is -3.03. The van der Waals surface area contributed by atoms with Crippen LogP contribution < -0.4 is 24.4 Å². The number of benzene rings is 2. The van der Waals surface area contributed by atoms with Gasteiger partial charge in [-0.25, -0.2) is 13.4 Å². The number of anilines is 1. The Bertz CT molecular complexity index is 1720. The average Bonchev–Trinajstić information content (AvgIpc) is 3.19. The van der Waals surface area contributed by atoms with E-state index in [9.17, 15) is 23.3 Å². The van der Waals surface area contributed by atoms with E-state index in [4.69, 9.17) is 9.47 Å². The molecule has 1 aromatic heterocycles. The van der Waals surface area contributed by atoms with Gasteiger partial charge in [0.1, 0.15) is 5.75 Å². The number of sulfonamides is 1. The van der Waals surface area contributed by atoms with Gasteiger partial charge in [-0.1, -0.05) is 0 Å². The number of amides is 2. The van der Waals surface area contributed by atoms with Gasteiger partial charge in [-0.05, 0) is 79.8 Å². The zero-order chi connectivity index (χ0) is 29.7. The van der Waals surface area contributed by atoms with Crippen LogP contribution in [0.3, 0.4) is 0 Å². The molecular formula is C30H29N5O6S. The summed E-state index contributed by atoms with van der Waals surface area (Å²) >= 11 is 0. The van der Waals surface area contributed by atoms with E-state index < -0.39 is 21.5 Å². The molecule has 12 heteroatoms. The SMILES string of the molecule is CCOc1ncccc1[C@@]1(NC(=O)C2CC3(CNC3)C2)C(=O)N(S(=O)(=O)c2ccc(OC)cc2)c2ccc(C#N)cc21. The highest BCUT2D eigenvalue weighted by molar-refractivity contribution is 7.93. The second-order valence-electron chi connectivity index (χ2n) is 10.8. The zero-order valence-electron chi connectivity index (χ0n) is 23.1. The lowest BCUT2D eigenvalue weighted by Gasteiger charge is -2.54. The van der Waals surface area contributed by atoms with Crippen molar-refractivity contribution in [1.82, 2.24) is 15.6 Å². The van der Waals surface area contributed by atoms with Gasteiger partial charge < -0.3 is 20.1 Å². The third-order valence-corrected chi connectivity index (χ3v) is 10.1. The van der Waals surface area contributed by atoms with E-state index in [1.807, 2.05) is 0 Å². The van der Waals surface area contributed by atoms with Crippen molar-refractivity contribution in [3.63, 3.8) is 0 Å². The molecule has 3 aliphatic rings. The largest absolute Gasteiger partial charge is 0.497 e. The van der Waals surface area contributed by atoms with Gasteiger partial charge in [-0.15, -0.1) is 0 Å². The first-order valence-electron chi connectivity index (χ1n) is 13.6. The molecule has 0 radical (unpaired) electrons. The molecule has 1 spiro atoms. The van der Waals surface area contributed by atoms with Crippen molar-refractivity contribution >= 4 is 27.5 Å². The Morgan fingerprint density at radius 2 is 1.90 bits per heavy atom. The lowest BCUT2D eigenvalue weighted by Crippen LogP contribution is -2.64. The Balaban J connectivity index is 1.54. The Morgan fingerprint density at radius 1 is 1.17 bits per heavy atom. The van der Waals surface area contributed by atoms with Crippen LogP contribution in [0.25, 0.3) is 0 Å². The fourth-order valence-electron chi connectivity index (χ4n) is 6.15. The summed E-state index contributed by atoms with van der Waals surface area (Å²) in [5, 5.41) is 16.0. The maximum atomic E-state index is 14.8. The van der Waals surface area contributed by atoms with Gasteiger partial charge in [0.05, 0.1) is 41.5 Å². The molecule has 1 saturated carbocycles. The topological polar surface area (TPSA) is 151 Å². The minimum Gasteiger partial charge on any atom is -0.497 e. The van der Waals surface area contributed by atoms with Gasteiger partial charge in [0.2, 0.25) is 11.8 Å². The van der Waals surface area contributed by atoms with Gasteiger partial charge in [-0.3, -0.25) is 9.59 Å². The van der Waals surface area contributed by atoms with Crippen LogP contribution in [0.5, 0.6) is 11.6 Å². The summed E-state index contributed by atoms with van der Waals surface area (Å²) in [6.45, 7) is 3.63. The molecule has 2 amide bonds. The molecule has 42 heavy (non-hydrogen) atoms. The van der Waals surface area contributed by atoms with Crippen LogP contribution in [0.15, 0.2) is 65.7 Å². The molecule has 0 bridgehead atoms. The van der Waals surface area contributed by atoms with E-state index in [1.165, 1.54) is 55.8 Å². The standard InChI is InChI=1S/C30H29N5O6S/c1-3-41-27-23(5-4-12-33-27)30(34-26(36)20-14-29(15-20)17-32-18-29)24-13-19(16-31)6-11-25(24)35(28(30)37)42(38,39)22-9-7-21(40-2)8-10-22/h4-13,20,32H,3,14-15,17-18H2,1-2H3,(H,34,36)/t30-/m0/s1. The summed E-state index contributed by atoms with van der Waals surface area (Å²) in [6.07, 6.45) is 2.79. The summed E-state index contributed by atoms with van der Waals surface area (Å²) in [6, 6.07) is 15.2. The van der Waals surface area contributed by atoms with Crippen LogP contribution in [0.2, 0.25) is 0 Å². The molecule has 3 heterocycles. The van der Waals surface area contributed by atoms with Gasteiger partial charge in [-0.2, -0.15) is 9.57 Å². The van der Waals surface area contributed by atoms with Crippen LogP contribution in [-0.2, 0) is 25.2 Å². The summed E-state index contributed by atoms with van der Waals surface area (Å²) < 4.78 is 40.0. The number of nitrogens with zero attached hydrogens (tertiary/aromatic N) is 3. The first-order valence-corrected chi connectivity index (χ1v) is 15.0. The molecule has 1 atom stereocenters. The van der Waals surface area contributed by atoms with Crippen LogP contribution in [0, 0.1) is 22.7 Å². The number of hydrogen-bond acceptors (Lipinski definition) is 9. The summed E-state index contributed by atoms with van der Waals surface area (Å²) in [5.41, 5.74) is -1.42. The zero-order valence-corrected chi connectivity index (χ0v) is 23.9. The van der Waals surface area contributed by atoms with E-state index >= 15 is 0 Å². The second-order valence-corrected chi connectivity index (χ2v) is 12.6. The molecule has 2 fully saturated rings. The lowest BCUT2D eigenvalue weighted by atomic mass is 9.58. The molecule has 0 unspecified atom stereocenters. The fourth-order valence-corrected chi connectivity index (χ4v) is 7.62. The first kappa shape index (κ1) is 27.7. The number of aromatic nitrogens is 1. The molecule has 216 valence electrons. The summed E-state index contributed by atoms with van der Waals surface area (Å²) in [5.74, 6) is -1.16. The minimum atomic E-state index is -4.49. The van der Waals surface area contributed by atoms with Gasteiger partial charge >= 0.3 is 0 Å². The lowest BCUT2D eigenvalue weighted by molar-refractivity contribution is -0.139. The van der Waals surface area contributed by atoms with Crippen LogP contribution in [0.1, 0.15) is 36.5 Å². The maximum absolute atomic E-state index is 14.8. The highest BCUT2D eigenvalue weighted by Gasteiger charge is 2.60. The number of hydrogen-bond donors (Lipinski definition) is 2. The van der Waals surface area contributed by atoms with E-state index in [0.717, 1.165) is 13.1 Å². The van der Waals surface area contributed by atoms with Gasteiger partial charge in [0.25, 0.3) is 15.9 Å². The van der Waals surface area contributed by atoms with Crippen molar-refractivity contribution in [3.8, 4) is 17.7 Å². The van der Waals surface area contributed by atoms with Crippen molar-refractivity contribution in [1.29, 1.82) is 5.26 Å². The fraction of sp³-hybridized carbons (Fsp3) is 0.333. The average molecular weight is 588 g/mol. The number of carbonyl (C=O) groups excluding carboxylic acids is 2. The number of pyridine rings is 1. The third kappa shape index (κ3) is 4.11. The number of nitriles is 1.